The average Bonchev–Trinajstić information content (AvgIpc) is 3.47. The van der Waals surface area contributed by atoms with Crippen LogP contribution in [0.4, 0.5) is 0 Å². The van der Waals surface area contributed by atoms with E-state index in [1.165, 1.54) is 33.1 Å². The molecule has 0 unspecified atom stereocenters. The number of esters is 2. The van der Waals surface area contributed by atoms with Gasteiger partial charge in [0.05, 0.1) is 44.0 Å². The number of hydrogen-bond donors (Lipinski definition) is 7. The Bertz CT molecular complexity index is 1590. The molecule has 0 radical (unpaired) electrons. The summed E-state index contributed by atoms with van der Waals surface area (Å²) in [7, 11) is 1.27. The number of aliphatic hydroxyl groups is 7. The van der Waals surface area contributed by atoms with Gasteiger partial charge in [-0.3, -0.25) is 24.1 Å². The van der Waals surface area contributed by atoms with Crippen LogP contribution in [-0.4, -0.2) is 189 Å². The molecule has 0 aromatic heterocycles. The molecule has 3 saturated heterocycles. The normalized spacial score (nSPS) is 36.0. The lowest BCUT2D eigenvalue weighted by Gasteiger charge is -2.47. The summed E-state index contributed by atoms with van der Waals surface area (Å²) < 4.78 is 45.3. The Balaban J connectivity index is 1.36. The van der Waals surface area contributed by atoms with E-state index in [1.54, 1.807) is 12.1 Å². The second kappa shape index (κ2) is 20.8. The van der Waals surface area contributed by atoms with Crippen molar-refractivity contribution in [2.45, 2.75) is 144 Å². The molecule has 5 rings (SSSR count). The molecule has 1 aromatic rings. The topological polar surface area (TPSA) is 304 Å². The summed E-state index contributed by atoms with van der Waals surface area (Å²) in [5, 5.41) is 76.1. The van der Waals surface area contributed by atoms with E-state index in [0.717, 1.165) is 4.90 Å². The maximum Gasteiger partial charge on any atom is 0.306 e. The monoisotopic (exact) mass is 843 g/mol. The number of benzene rings is 1. The van der Waals surface area contributed by atoms with Gasteiger partial charge in [-0.15, -0.1) is 0 Å². The van der Waals surface area contributed by atoms with Crippen LogP contribution >= 0.6 is 0 Å². The number of Topliss-reactive ketones (excluding diaryl/α,β-unsaturated/α-hetero) is 1. The molecule has 21 nitrogen and oxygen atoms in total. The molecule has 0 aliphatic carbocycles. The highest BCUT2D eigenvalue weighted by Crippen LogP contribution is 2.35. The molecule has 4 heterocycles. The van der Waals surface area contributed by atoms with Crippen molar-refractivity contribution >= 4 is 29.5 Å². The number of rotatable bonds is 18. The van der Waals surface area contributed by atoms with Crippen LogP contribution in [0.25, 0.3) is 0 Å². The number of fused-ring (bicyclic) bond motifs is 1. The Hall–Kier alpha value is -3.55. The fourth-order valence-corrected chi connectivity index (χ4v) is 7.22. The number of ether oxygens (including phenoxy) is 8. The summed E-state index contributed by atoms with van der Waals surface area (Å²) in [6.45, 7) is 1.07. The lowest BCUT2D eigenvalue weighted by atomic mass is 9.95. The van der Waals surface area contributed by atoms with Crippen molar-refractivity contribution in [3.05, 3.63) is 35.4 Å². The molecule has 21 heteroatoms. The highest BCUT2D eigenvalue weighted by molar-refractivity contribution is 6.21. The molecule has 0 bridgehead atoms. The van der Waals surface area contributed by atoms with E-state index in [9.17, 15) is 59.7 Å². The third kappa shape index (κ3) is 10.7. The molecule has 0 saturated carbocycles. The molecule has 2 amide bonds. The van der Waals surface area contributed by atoms with Gasteiger partial charge in [0.25, 0.3) is 11.8 Å². The predicted molar refractivity (Wildman–Crippen MR) is 193 cm³/mol. The van der Waals surface area contributed by atoms with Crippen LogP contribution in [-0.2, 0) is 52.3 Å². The first kappa shape index (κ1) is 46.5. The molecule has 15 atom stereocenters. The fourth-order valence-electron chi connectivity index (χ4n) is 7.22. The minimum absolute atomic E-state index is 0.0386. The van der Waals surface area contributed by atoms with Crippen molar-refractivity contribution in [2.24, 2.45) is 0 Å². The number of carbonyl (C=O) groups excluding carboxylic acids is 5. The molecule has 4 aliphatic rings. The van der Waals surface area contributed by atoms with E-state index in [0.29, 0.717) is 19.3 Å². The number of amides is 2. The van der Waals surface area contributed by atoms with Gasteiger partial charge in [-0.1, -0.05) is 18.6 Å². The summed E-state index contributed by atoms with van der Waals surface area (Å²) in [5.41, 5.74) is 0.130. The lowest BCUT2D eigenvalue weighted by molar-refractivity contribution is -0.370. The number of hydrogen-bond acceptors (Lipinski definition) is 20. The second-order valence-corrected chi connectivity index (χ2v) is 14.8. The number of carbonyl (C=O) groups is 5. The van der Waals surface area contributed by atoms with Crippen LogP contribution in [0.15, 0.2) is 24.3 Å². The first-order valence-corrected chi connectivity index (χ1v) is 19.4. The number of imide groups is 1. The zero-order chi connectivity index (χ0) is 43.1. The van der Waals surface area contributed by atoms with Crippen molar-refractivity contribution in [1.82, 2.24) is 4.90 Å². The number of methoxy groups -OCH3 is 1. The Morgan fingerprint density at radius 1 is 0.695 bits per heavy atom. The van der Waals surface area contributed by atoms with E-state index in [1.807, 2.05) is 0 Å². The molecule has 3 fully saturated rings. The van der Waals surface area contributed by atoms with Gasteiger partial charge in [0.2, 0.25) is 0 Å². The smallest absolute Gasteiger partial charge is 0.306 e. The molecule has 4 aliphatic heterocycles. The quantitative estimate of drug-likeness (QED) is 0.0454. The molecular weight excluding hydrogens is 790 g/mol. The third-order valence-corrected chi connectivity index (χ3v) is 10.6. The zero-order valence-corrected chi connectivity index (χ0v) is 32.7. The van der Waals surface area contributed by atoms with Gasteiger partial charge in [-0.2, -0.15) is 0 Å². The second-order valence-electron chi connectivity index (χ2n) is 14.8. The van der Waals surface area contributed by atoms with Gasteiger partial charge in [-0.25, -0.2) is 0 Å². The van der Waals surface area contributed by atoms with E-state index >= 15 is 0 Å². The van der Waals surface area contributed by atoms with E-state index in [2.05, 4.69) is 4.74 Å². The molecular formula is C38H53NO20. The van der Waals surface area contributed by atoms with E-state index < -0.39 is 129 Å². The zero-order valence-electron chi connectivity index (χ0n) is 32.7. The van der Waals surface area contributed by atoms with Gasteiger partial charge in [0, 0.05) is 19.4 Å². The summed E-state index contributed by atoms with van der Waals surface area (Å²) in [5.74, 6) is -3.16. The van der Waals surface area contributed by atoms with Gasteiger partial charge in [-0.05, 0) is 38.8 Å². The summed E-state index contributed by atoms with van der Waals surface area (Å²) in [6.07, 6.45) is -22.3. The minimum atomic E-state index is -1.90. The van der Waals surface area contributed by atoms with Crippen LogP contribution in [0.2, 0.25) is 0 Å². The van der Waals surface area contributed by atoms with E-state index in [-0.39, 0.29) is 42.8 Å². The standard InChI is InChI=1S/C38H53NO20/c1-17(41)12-13-24(43)58-32-21(15-40)56-38(33(31(32)49)59-37-30(48)29(47)26(44)18(2)55-37)54-16-22-27(45)28(46)25(36(57-22)53-14-8-4-5-11-23(42)52-3)39-34(50)19-9-6-7-10-20(19)35(39)51/h6-7,9-10,18,21-22,25-33,36-38,40,44-49H,4-5,8,11-16H2,1-3H3/t18-,21+,22+,25+,26+,27+,28+,29+,30-,31-,32-,33+,36+,37-,38+/m0/s1. The van der Waals surface area contributed by atoms with Crippen molar-refractivity contribution in [3.8, 4) is 0 Å². The summed E-state index contributed by atoms with van der Waals surface area (Å²) in [4.78, 5) is 63.4. The van der Waals surface area contributed by atoms with Crippen molar-refractivity contribution < 1.29 is 97.6 Å². The van der Waals surface area contributed by atoms with Crippen molar-refractivity contribution in [1.29, 1.82) is 0 Å². The highest BCUT2D eigenvalue weighted by atomic mass is 16.8. The highest BCUT2D eigenvalue weighted by Gasteiger charge is 2.55. The van der Waals surface area contributed by atoms with Crippen molar-refractivity contribution in [3.63, 3.8) is 0 Å². The Morgan fingerprint density at radius 2 is 1.36 bits per heavy atom. The largest absolute Gasteiger partial charge is 0.469 e. The summed E-state index contributed by atoms with van der Waals surface area (Å²) in [6, 6.07) is 4.43. The van der Waals surface area contributed by atoms with E-state index in [4.69, 9.17) is 33.2 Å². The van der Waals surface area contributed by atoms with Crippen LogP contribution < -0.4 is 0 Å². The third-order valence-electron chi connectivity index (χ3n) is 10.6. The number of aliphatic hydroxyl groups excluding tert-OH is 7. The summed E-state index contributed by atoms with van der Waals surface area (Å²) >= 11 is 0. The maximum atomic E-state index is 13.5. The van der Waals surface area contributed by atoms with Gasteiger partial charge in [0.15, 0.2) is 25.0 Å². The Morgan fingerprint density at radius 3 is 1.98 bits per heavy atom. The molecule has 59 heavy (non-hydrogen) atoms. The minimum Gasteiger partial charge on any atom is -0.469 e. The average molecular weight is 844 g/mol. The van der Waals surface area contributed by atoms with Crippen LogP contribution in [0.1, 0.15) is 73.1 Å². The Kier molecular flexibility index (Phi) is 16.4. The van der Waals surface area contributed by atoms with Crippen LogP contribution in [0.5, 0.6) is 0 Å². The Labute approximate surface area is 338 Å². The van der Waals surface area contributed by atoms with Crippen LogP contribution in [0, 0.1) is 0 Å². The maximum absolute atomic E-state index is 13.5. The van der Waals surface area contributed by atoms with Gasteiger partial charge < -0.3 is 78.4 Å². The predicted octanol–water partition coefficient (Wildman–Crippen LogP) is -2.56. The van der Waals surface area contributed by atoms with Gasteiger partial charge >= 0.3 is 11.9 Å². The molecule has 330 valence electrons. The molecule has 7 N–H and O–H groups in total. The molecule has 1 aromatic carbocycles. The molecule has 0 spiro atoms. The SMILES string of the molecule is COC(=O)CCCCCO[C@@H]1O[C@H](CO[C@@H]2O[C@H](CO)[C@H](OC(=O)CCC(C)=O)[C@H](O)[C@H]2O[C@@H]2O[C@@H](C)[C@@H](O)[C@@H](O)[C@@H]2O)[C@@H](O)[C@H](O)[C@H]1N1C(=O)c2ccccc2C1=O. The van der Waals surface area contributed by atoms with Gasteiger partial charge in [0.1, 0.15) is 66.8 Å². The lowest BCUT2D eigenvalue weighted by Crippen LogP contribution is -2.67. The first-order valence-electron chi connectivity index (χ1n) is 19.4. The number of nitrogens with zero attached hydrogens (tertiary/aromatic N) is 1. The van der Waals surface area contributed by atoms with Crippen LogP contribution in [0.3, 0.4) is 0 Å². The number of ketones is 1. The fraction of sp³-hybridized carbons (Fsp3) is 0.711. The number of unbranched alkanes of at least 4 members (excludes halogenated alkanes) is 2. The van der Waals surface area contributed by atoms with Crippen molar-refractivity contribution in [2.75, 3.05) is 26.9 Å². The first-order chi connectivity index (χ1) is 28.1.